The van der Waals surface area contributed by atoms with Gasteiger partial charge in [-0.1, -0.05) is 34.1 Å². The minimum Gasteiger partial charge on any atom is -0.348 e. The standard InChI is InChI=1S/C13H17BrN2O/c1-9(10-5-2-3-6-11(10)14)16-13(17)12-7-4-8-15-12/h2-3,5-6,9,12,15H,4,7-8H2,1H3,(H,16,17). The Morgan fingerprint density at radius 1 is 1.53 bits per heavy atom. The van der Waals surface area contributed by atoms with Gasteiger partial charge in [0.15, 0.2) is 0 Å². The van der Waals surface area contributed by atoms with E-state index in [2.05, 4.69) is 26.6 Å². The first-order chi connectivity index (χ1) is 8.18. The van der Waals surface area contributed by atoms with Crippen LogP contribution in [-0.2, 0) is 4.79 Å². The van der Waals surface area contributed by atoms with Gasteiger partial charge < -0.3 is 10.6 Å². The smallest absolute Gasteiger partial charge is 0.237 e. The predicted octanol–water partition coefficient (Wildman–Crippen LogP) is 2.38. The largest absolute Gasteiger partial charge is 0.348 e. The summed E-state index contributed by atoms with van der Waals surface area (Å²) < 4.78 is 1.03. The van der Waals surface area contributed by atoms with Crippen LogP contribution in [0.3, 0.4) is 0 Å². The van der Waals surface area contributed by atoms with Gasteiger partial charge >= 0.3 is 0 Å². The van der Waals surface area contributed by atoms with Crippen LogP contribution in [-0.4, -0.2) is 18.5 Å². The molecule has 2 unspecified atom stereocenters. The highest BCUT2D eigenvalue weighted by molar-refractivity contribution is 9.10. The first-order valence-corrected chi connectivity index (χ1v) is 6.76. The van der Waals surface area contributed by atoms with Crippen LogP contribution in [0, 0.1) is 0 Å². The molecule has 4 heteroatoms. The van der Waals surface area contributed by atoms with E-state index in [-0.39, 0.29) is 18.0 Å². The monoisotopic (exact) mass is 296 g/mol. The number of benzene rings is 1. The van der Waals surface area contributed by atoms with E-state index >= 15 is 0 Å². The Bertz CT molecular complexity index is 402. The molecule has 2 N–H and O–H groups in total. The van der Waals surface area contributed by atoms with Crippen LogP contribution in [0.15, 0.2) is 28.7 Å². The maximum Gasteiger partial charge on any atom is 0.237 e. The zero-order valence-corrected chi connectivity index (χ0v) is 11.5. The van der Waals surface area contributed by atoms with Crippen molar-refractivity contribution < 1.29 is 4.79 Å². The van der Waals surface area contributed by atoms with Crippen LogP contribution in [0.5, 0.6) is 0 Å². The number of hydrogen-bond acceptors (Lipinski definition) is 2. The van der Waals surface area contributed by atoms with E-state index < -0.39 is 0 Å². The molecule has 92 valence electrons. The fourth-order valence-corrected chi connectivity index (χ4v) is 2.75. The molecule has 2 atom stereocenters. The highest BCUT2D eigenvalue weighted by Gasteiger charge is 2.23. The molecule has 2 rings (SSSR count). The summed E-state index contributed by atoms with van der Waals surface area (Å²) in [5, 5.41) is 6.25. The molecule has 3 nitrogen and oxygen atoms in total. The van der Waals surface area contributed by atoms with Crippen molar-refractivity contribution in [1.82, 2.24) is 10.6 Å². The van der Waals surface area contributed by atoms with E-state index in [1.807, 2.05) is 31.2 Å². The first kappa shape index (κ1) is 12.6. The summed E-state index contributed by atoms with van der Waals surface area (Å²) in [5.74, 6) is 0.103. The second-order valence-corrected chi connectivity index (χ2v) is 5.26. The van der Waals surface area contributed by atoms with Crippen molar-refractivity contribution in [3.05, 3.63) is 34.3 Å². The lowest BCUT2D eigenvalue weighted by molar-refractivity contribution is -0.123. The van der Waals surface area contributed by atoms with Crippen molar-refractivity contribution in [2.45, 2.75) is 31.8 Å². The van der Waals surface area contributed by atoms with Crippen molar-refractivity contribution >= 4 is 21.8 Å². The van der Waals surface area contributed by atoms with E-state index in [4.69, 9.17) is 0 Å². The van der Waals surface area contributed by atoms with Crippen LogP contribution < -0.4 is 10.6 Å². The number of carbonyl (C=O) groups is 1. The molecule has 0 saturated carbocycles. The number of amides is 1. The predicted molar refractivity (Wildman–Crippen MR) is 71.7 cm³/mol. The number of rotatable bonds is 3. The average molecular weight is 297 g/mol. The summed E-state index contributed by atoms with van der Waals surface area (Å²) in [6, 6.07) is 7.99. The summed E-state index contributed by atoms with van der Waals surface area (Å²) in [5.41, 5.74) is 1.11. The molecule has 1 saturated heterocycles. The second kappa shape index (κ2) is 5.65. The van der Waals surface area contributed by atoms with Gasteiger partial charge in [0.05, 0.1) is 12.1 Å². The summed E-state index contributed by atoms with van der Waals surface area (Å²) in [6.07, 6.45) is 2.02. The third-order valence-corrected chi connectivity index (χ3v) is 3.83. The van der Waals surface area contributed by atoms with Gasteiger partial charge in [-0.05, 0) is 37.9 Å². The molecule has 1 amide bonds. The molecule has 1 fully saturated rings. The Morgan fingerprint density at radius 2 is 2.29 bits per heavy atom. The Balaban J connectivity index is 1.99. The number of halogens is 1. The summed E-state index contributed by atoms with van der Waals surface area (Å²) >= 11 is 3.50. The van der Waals surface area contributed by atoms with E-state index in [1.54, 1.807) is 0 Å². The van der Waals surface area contributed by atoms with Gasteiger partial charge in [0.25, 0.3) is 0 Å². The summed E-state index contributed by atoms with van der Waals surface area (Å²) in [7, 11) is 0. The van der Waals surface area contributed by atoms with Crippen molar-refractivity contribution in [2.24, 2.45) is 0 Å². The molecule has 1 aliphatic heterocycles. The normalized spacial score (nSPS) is 21.2. The molecule has 0 aromatic heterocycles. The average Bonchev–Trinajstić information content (AvgIpc) is 2.82. The van der Waals surface area contributed by atoms with Crippen LogP contribution in [0.2, 0.25) is 0 Å². The van der Waals surface area contributed by atoms with E-state index in [0.717, 1.165) is 29.4 Å². The molecular weight excluding hydrogens is 280 g/mol. The Morgan fingerprint density at radius 3 is 2.94 bits per heavy atom. The molecule has 1 aromatic carbocycles. The Kier molecular flexibility index (Phi) is 4.18. The van der Waals surface area contributed by atoms with Gasteiger partial charge in [-0.2, -0.15) is 0 Å². The van der Waals surface area contributed by atoms with E-state index in [0.29, 0.717) is 0 Å². The third kappa shape index (κ3) is 3.07. The maximum atomic E-state index is 12.0. The van der Waals surface area contributed by atoms with Gasteiger partial charge in [-0.25, -0.2) is 0 Å². The minimum atomic E-state index is -0.0139. The number of nitrogens with one attached hydrogen (secondary N) is 2. The molecule has 1 aromatic rings. The topological polar surface area (TPSA) is 41.1 Å². The van der Waals surface area contributed by atoms with Crippen molar-refractivity contribution in [1.29, 1.82) is 0 Å². The van der Waals surface area contributed by atoms with Crippen molar-refractivity contribution in [3.63, 3.8) is 0 Å². The van der Waals surface area contributed by atoms with Crippen molar-refractivity contribution in [2.75, 3.05) is 6.54 Å². The third-order valence-electron chi connectivity index (χ3n) is 3.11. The van der Waals surface area contributed by atoms with E-state index in [9.17, 15) is 4.79 Å². The molecule has 1 aliphatic rings. The van der Waals surface area contributed by atoms with Crippen LogP contribution in [0.1, 0.15) is 31.4 Å². The molecule has 1 heterocycles. The molecule has 0 aliphatic carbocycles. The number of hydrogen-bond donors (Lipinski definition) is 2. The quantitative estimate of drug-likeness (QED) is 0.899. The van der Waals surface area contributed by atoms with Crippen LogP contribution >= 0.6 is 15.9 Å². The van der Waals surface area contributed by atoms with Gasteiger partial charge in [0, 0.05) is 4.47 Å². The molecule has 0 radical (unpaired) electrons. The lowest BCUT2D eigenvalue weighted by Gasteiger charge is -2.18. The van der Waals surface area contributed by atoms with Gasteiger partial charge in [0.2, 0.25) is 5.91 Å². The van der Waals surface area contributed by atoms with Gasteiger partial charge in [0.1, 0.15) is 0 Å². The van der Waals surface area contributed by atoms with E-state index in [1.165, 1.54) is 0 Å². The van der Waals surface area contributed by atoms with Crippen LogP contribution in [0.25, 0.3) is 0 Å². The molecule has 0 bridgehead atoms. The molecule has 17 heavy (non-hydrogen) atoms. The Labute approximate surface area is 110 Å². The zero-order valence-electron chi connectivity index (χ0n) is 9.87. The SMILES string of the molecule is CC(NC(=O)C1CCCN1)c1ccccc1Br. The highest BCUT2D eigenvalue weighted by Crippen LogP contribution is 2.22. The van der Waals surface area contributed by atoms with Crippen molar-refractivity contribution in [3.8, 4) is 0 Å². The molecule has 0 spiro atoms. The minimum absolute atomic E-state index is 0.0139. The summed E-state index contributed by atoms with van der Waals surface area (Å²) in [4.78, 5) is 12.0. The second-order valence-electron chi connectivity index (χ2n) is 4.40. The first-order valence-electron chi connectivity index (χ1n) is 5.96. The fraction of sp³-hybridized carbons (Fsp3) is 0.462. The number of carbonyl (C=O) groups excluding carboxylic acids is 1. The zero-order chi connectivity index (χ0) is 12.3. The van der Waals surface area contributed by atoms with Gasteiger partial charge in [-0.3, -0.25) is 4.79 Å². The lowest BCUT2D eigenvalue weighted by atomic mass is 10.1. The fourth-order valence-electron chi connectivity index (χ4n) is 2.13. The lowest BCUT2D eigenvalue weighted by Crippen LogP contribution is -2.41. The summed E-state index contributed by atoms with van der Waals surface area (Å²) in [6.45, 7) is 2.95. The maximum absolute atomic E-state index is 12.0. The Hall–Kier alpha value is -0.870. The molecular formula is C13H17BrN2O. The van der Waals surface area contributed by atoms with Gasteiger partial charge in [-0.15, -0.1) is 0 Å². The van der Waals surface area contributed by atoms with Crippen LogP contribution in [0.4, 0.5) is 0 Å². The highest BCUT2D eigenvalue weighted by atomic mass is 79.9.